The molecule has 0 radical (unpaired) electrons. The summed E-state index contributed by atoms with van der Waals surface area (Å²) in [5.41, 5.74) is 5.94. The second-order valence-corrected chi connectivity index (χ2v) is 5.49. The van der Waals surface area contributed by atoms with Gasteiger partial charge in [-0.3, -0.25) is 9.78 Å². The van der Waals surface area contributed by atoms with Gasteiger partial charge in [0.2, 0.25) is 5.91 Å². The third-order valence-corrected chi connectivity index (χ3v) is 4.19. The van der Waals surface area contributed by atoms with Gasteiger partial charge in [0.05, 0.1) is 10.4 Å². The molecular weight excluding hydrogens is 258 g/mol. The van der Waals surface area contributed by atoms with Crippen LogP contribution in [0, 0.1) is 5.41 Å². The predicted molar refractivity (Wildman–Crippen MR) is 79.8 cm³/mol. The van der Waals surface area contributed by atoms with Gasteiger partial charge >= 0.3 is 0 Å². The largest absolute Gasteiger partial charge is 0.392 e. The molecule has 3 N–H and O–H groups in total. The number of hydrogen-bond donors (Lipinski definition) is 2. The van der Waals surface area contributed by atoms with Crippen molar-refractivity contribution >= 4 is 28.8 Å². The fraction of sp³-hybridized carbons (Fsp3) is 0.500. The van der Waals surface area contributed by atoms with E-state index in [0.29, 0.717) is 4.99 Å². The first-order valence-corrected chi connectivity index (χ1v) is 7.07. The lowest BCUT2D eigenvalue weighted by Crippen LogP contribution is -2.45. The van der Waals surface area contributed by atoms with E-state index in [-0.39, 0.29) is 5.91 Å². The zero-order valence-corrected chi connectivity index (χ0v) is 11.7. The van der Waals surface area contributed by atoms with Gasteiger partial charge < -0.3 is 11.1 Å². The van der Waals surface area contributed by atoms with E-state index >= 15 is 0 Å². The minimum atomic E-state index is -0.685. The molecule has 0 spiro atoms. The number of carbonyl (C=O) groups excluding carboxylic acids is 1. The number of amides is 1. The van der Waals surface area contributed by atoms with Crippen molar-refractivity contribution in [2.75, 3.05) is 5.32 Å². The number of nitrogens with two attached hydrogens (primary N) is 1. The standard InChI is InChI=1S/C14H19N3OS/c15-12(19)14(7-3-1-2-4-8-14)13(18)17-11-5-9-16-10-6-11/h5-6,9-10H,1-4,7-8H2,(H2,15,19)(H,16,17,18). The Bertz CT molecular complexity index is 453. The molecule has 1 aromatic rings. The van der Waals surface area contributed by atoms with Gasteiger partial charge in [0.15, 0.2) is 0 Å². The highest BCUT2D eigenvalue weighted by Gasteiger charge is 2.41. The van der Waals surface area contributed by atoms with Crippen LogP contribution in [0.5, 0.6) is 0 Å². The first-order valence-electron chi connectivity index (χ1n) is 6.66. The van der Waals surface area contributed by atoms with Gasteiger partial charge in [0.25, 0.3) is 0 Å². The third kappa shape index (κ3) is 3.10. The minimum Gasteiger partial charge on any atom is -0.392 e. The van der Waals surface area contributed by atoms with Gasteiger partial charge in [-0.1, -0.05) is 37.9 Å². The van der Waals surface area contributed by atoms with E-state index in [2.05, 4.69) is 10.3 Å². The number of thiocarbonyl (C=S) groups is 1. The summed E-state index contributed by atoms with van der Waals surface area (Å²) < 4.78 is 0. The van der Waals surface area contributed by atoms with Crippen LogP contribution >= 0.6 is 12.2 Å². The van der Waals surface area contributed by atoms with Crippen LogP contribution < -0.4 is 11.1 Å². The molecule has 1 fully saturated rings. The topological polar surface area (TPSA) is 68.0 Å². The molecule has 0 aromatic carbocycles. The highest BCUT2D eigenvalue weighted by atomic mass is 32.1. The second kappa shape index (κ2) is 6.10. The van der Waals surface area contributed by atoms with Crippen molar-refractivity contribution in [2.45, 2.75) is 38.5 Å². The Morgan fingerprint density at radius 3 is 2.32 bits per heavy atom. The van der Waals surface area contributed by atoms with E-state index in [0.717, 1.165) is 44.2 Å². The number of rotatable bonds is 3. The molecule has 102 valence electrons. The van der Waals surface area contributed by atoms with E-state index < -0.39 is 5.41 Å². The zero-order chi connectivity index (χ0) is 13.7. The number of carbonyl (C=O) groups is 1. The summed E-state index contributed by atoms with van der Waals surface area (Å²) in [5.74, 6) is -0.0758. The number of aromatic nitrogens is 1. The van der Waals surface area contributed by atoms with Gasteiger partial charge in [-0.15, -0.1) is 0 Å². The highest BCUT2D eigenvalue weighted by molar-refractivity contribution is 7.80. The molecule has 5 heteroatoms. The maximum absolute atomic E-state index is 12.6. The first kappa shape index (κ1) is 13.9. The number of hydrogen-bond acceptors (Lipinski definition) is 3. The van der Waals surface area contributed by atoms with Crippen LogP contribution in [0.1, 0.15) is 38.5 Å². The fourth-order valence-corrected chi connectivity index (χ4v) is 2.90. The summed E-state index contributed by atoms with van der Waals surface area (Å²) in [6.45, 7) is 0. The van der Waals surface area contributed by atoms with Crippen LogP contribution in [0.4, 0.5) is 5.69 Å². The van der Waals surface area contributed by atoms with Crippen molar-refractivity contribution in [2.24, 2.45) is 11.1 Å². The van der Waals surface area contributed by atoms with Gasteiger partial charge in [-0.2, -0.15) is 0 Å². The smallest absolute Gasteiger partial charge is 0.237 e. The Morgan fingerprint density at radius 2 is 1.79 bits per heavy atom. The summed E-state index contributed by atoms with van der Waals surface area (Å²) in [5, 5.41) is 2.92. The maximum Gasteiger partial charge on any atom is 0.237 e. The monoisotopic (exact) mass is 277 g/mol. The number of nitrogens with one attached hydrogen (secondary N) is 1. The summed E-state index contributed by atoms with van der Waals surface area (Å²) in [6, 6.07) is 3.53. The average molecular weight is 277 g/mol. The summed E-state index contributed by atoms with van der Waals surface area (Å²) in [4.78, 5) is 16.8. The second-order valence-electron chi connectivity index (χ2n) is 5.05. The molecule has 0 unspecified atom stereocenters. The molecule has 4 nitrogen and oxygen atoms in total. The van der Waals surface area contributed by atoms with Crippen LogP contribution in [-0.2, 0) is 4.79 Å². The fourth-order valence-electron chi connectivity index (χ4n) is 2.60. The van der Waals surface area contributed by atoms with Crippen LogP contribution in [0.15, 0.2) is 24.5 Å². The Morgan fingerprint density at radius 1 is 1.21 bits per heavy atom. The van der Waals surface area contributed by atoms with Crippen molar-refractivity contribution < 1.29 is 4.79 Å². The maximum atomic E-state index is 12.6. The zero-order valence-electron chi connectivity index (χ0n) is 10.9. The lowest BCUT2D eigenvalue weighted by Gasteiger charge is -2.30. The van der Waals surface area contributed by atoms with Crippen molar-refractivity contribution in [1.82, 2.24) is 4.98 Å². The summed E-state index contributed by atoms with van der Waals surface area (Å²) >= 11 is 5.18. The number of nitrogens with zero attached hydrogens (tertiary/aromatic N) is 1. The lowest BCUT2D eigenvalue weighted by molar-refractivity contribution is -0.122. The Hall–Kier alpha value is -1.49. The molecule has 1 saturated carbocycles. The molecule has 1 heterocycles. The summed E-state index contributed by atoms with van der Waals surface area (Å²) in [6.07, 6.45) is 9.09. The molecule has 1 aliphatic carbocycles. The minimum absolute atomic E-state index is 0.0758. The average Bonchev–Trinajstić information content (AvgIpc) is 2.66. The third-order valence-electron chi connectivity index (χ3n) is 3.80. The molecule has 19 heavy (non-hydrogen) atoms. The normalized spacial score (nSPS) is 18.3. The SMILES string of the molecule is NC(=S)C1(C(=O)Nc2ccncc2)CCCCCC1. The Labute approximate surface area is 118 Å². The van der Waals surface area contributed by atoms with E-state index in [1.54, 1.807) is 24.5 Å². The van der Waals surface area contributed by atoms with E-state index in [1.165, 1.54) is 0 Å². The highest BCUT2D eigenvalue weighted by Crippen LogP contribution is 2.36. The van der Waals surface area contributed by atoms with Gasteiger partial charge in [-0.25, -0.2) is 0 Å². The van der Waals surface area contributed by atoms with Gasteiger partial charge in [0.1, 0.15) is 0 Å². The molecule has 1 amide bonds. The van der Waals surface area contributed by atoms with E-state index in [9.17, 15) is 4.79 Å². The van der Waals surface area contributed by atoms with Crippen LogP contribution in [0.25, 0.3) is 0 Å². The van der Waals surface area contributed by atoms with Gasteiger partial charge in [-0.05, 0) is 25.0 Å². The molecule has 1 aromatic heterocycles. The van der Waals surface area contributed by atoms with Crippen LogP contribution in [0.3, 0.4) is 0 Å². The summed E-state index contributed by atoms with van der Waals surface area (Å²) in [7, 11) is 0. The van der Waals surface area contributed by atoms with E-state index in [1.807, 2.05) is 0 Å². The lowest BCUT2D eigenvalue weighted by atomic mass is 9.79. The van der Waals surface area contributed by atoms with Gasteiger partial charge in [0, 0.05) is 18.1 Å². The molecule has 0 aliphatic heterocycles. The molecule has 0 bridgehead atoms. The van der Waals surface area contributed by atoms with E-state index in [4.69, 9.17) is 18.0 Å². The molecular formula is C14H19N3OS. The van der Waals surface area contributed by atoms with Crippen molar-refractivity contribution in [3.63, 3.8) is 0 Å². The number of anilines is 1. The van der Waals surface area contributed by atoms with Crippen molar-refractivity contribution in [1.29, 1.82) is 0 Å². The van der Waals surface area contributed by atoms with Crippen molar-refractivity contribution in [3.05, 3.63) is 24.5 Å². The Balaban J connectivity index is 2.19. The predicted octanol–water partition coefficient (Wildman–Crippen LogP) is 2.65. The van der Waals surface area contributed by atoms with Crippen LogP contribution in [0.2, 0.25) is 0 Å². The van der Waals surface area contributed by atoms with Crippen molar-refractivity contribution in [3.8, 4) is 0 Å². The number of pyridine rings is 1. The first-order chi connectivity index (χ1) is 9.15. The van der Waals surface area contributed by atoms with Crippen LogP contribution in [-0.4, -0.2) is 15.9 Å². The quantitative estimate of drug-likeness (QED) is 0.658. The molecule has 1 aliphatic rings. The molecule has 2 rings (SSSR count). The molecule has 0 saturated heterocycles. The Kier molecular flexibility index (Phi) is 4.47. The molecule has 0 atom stereocenters.